The van der Waals surface area contributed by atoms with Crippen molar-refractivity contribution in [2.75, 3.05) is 9.80 Å². The fourth-order valence-corrected chi connectivity index (χ4v) is 10.5. The lowest BCUT2D eigenvalue weighted by Gasteiger charge is -2.34. The summed E-state index contributed by atoms with van der Waals surface area (Å²) < 4.78 is 6.30. The fraction of sp³-hybridized carbons (Fsp3) is 0.0508. The summed E-state index contributed by atoms with van der Waals surface area (Å²) in [7, 11) is 0. The molecule has 0 amide bonds. The lowest BCUT2D eigenvalue weighted by atomic mass is 9.82. The van der Waals surface area contributed by atoms with Crippen molar-refractivity contribution >= 4 is 77.6 Å². The van der Waals surface area contributed by atoms with Gasteiger partial charge in [-0.3, -0.25) is 0 Å². The molecular formula is C59H40N2O. The van der Waals surface area contributed by atoms with Crippen molar-refractivity contribution in [1.82, 2.24) is 0 Å². The summed E-state index contributed by atoms with van der Waals surface area (Å²) in [5.74, 6) is 0. The van der Waals surface area contributed by atoms with Crippen LogP contribution in [0.1, 0.15) is 25.0 Å². The maximum absolute atomic E-state index is 6.30. The van der Waals surface area contributed by atoms with Gasteiger partial charge in [0.05, 0.1) is 11.4 Å². The van der Waals surface area contributed by atoms with E-state index in [-0.39, 0.29) is 5.41 Å². The van der Waals surface area contributed by atoms with Crippen LogP contribution in [0.4, 0.5) is 34.1 Å². The van der Waals surface area contributed by atoms with Crippen molar-refractivity contribution in [2.24, 2.45) is 0 Å². The lowest BCUT2D eigenvalue weighted by Crippen LogP contribution is -2.18. The highest BCUT2D eigenvalue weighted by molar-refractivity contribution is 6.16. The highest BCUT2D eigenvalue weighted by Crippen LogP contribution is 2.56. The Bertz CT molecular complexity index is 3630. The second-order valence-corrected chi connectivity index (χ2v) is 17.3. The number of hydrogen-bond acceptors (Lipinski definition) is 3. The van der Waals surface area contributed by atoms with Crippen molar-refractivity contribution in [1.29, 1.82) is 0 Å². The van der Waals surface area contributed by atoms with Gasteiger partial charge in [0.25, 0.3) is 0 Å². The molecule has 0 N–H and O–H groups in total. The highest BCUT2D eigenvalue weighted by Gasteiger charge is 2.37. The van der Waals surface area contributed by atoms with Crippen LogP contribution in [0, 0.1) is 0 Å². The van der Waals surface area contributed by atoms with Gasteiger partial charge in [-0.25, -0.2) is 0 Å². The fourth-order valence-electron chi connectivity index (χ4n) is 10.5. The van der Waals surface area contributed by atoms with Crippen LogP contribution in [0.15, 0.2) is 211 Å². The lowest BCUT2D eigenvalue weighted by molar-refractivity contribution is 0.660. The van der Waals surface area contributed by atoms with Crippen LogP contribution in [-0.2, 0) is 5.41 Å². The number of fused-ring (bicyclic) bond motifs is 9. The molecule has 3 heteroatoms. The zero-order valence-electron chi connectivity index (χ0n) is 34.4. The van der Waals surface area contributed by atoms with E-state index in [1.54, 1.807) is 0 Å². The maximum atomic E-state index is 6.30. The summed E-state index contributed by atoms with van der Waals surface area (Å²) >= 11 is 0. The third-order valence-electron chi connectivity index (χ3n) is 13.5. The van der Waals surface area contributed by atoms with E-state index in [1.807, 2.05) is 12.1 Å². The molecule has 10 aromatic carbocycles. The zero-order chi connectivity index (χ0) is 41.1. The molecule has 0 radical (unpaired) electrons. The van der Waals surface area contributed by atoms with Crippen LogP contribution >= 0.6 is 0 Å². The Morgan fingerprint density at radius 1 is 0.403 bits per heavy atom. The number of benzene rings is 10. The van der Waals surface area contributed by atoms with E-state index in [0.29, 0.717) is 0 Å². The summed E-state index contributed by atoms with van der Waals surface area (Å²) in [6, 6.07) is 75.6. The van der Waals surface area contributed by atoms with Crippen LogP contribution in [-0.4, -0.2) is 0 Å². The van der Waals surface area contributed by atoms with E-state index in [1.165, 1.54) is 83.1 Å². The van der Waals surface area contributed by atoms with E-state index in [4.69, 9.17) is 4.42 Å². The van der Waals surface area contributed by atoms with Crippen LogP contribution in [0.5, 0.6) is 0 Å². The number of para-hydroxylation sites is 1. The van der Waals surface area contributed by atoms with Crippen LogP contribution in [0.25, 0.3) is 76.9 Å². The first-order chi connectivity index (χ1) is 30.5. The molecule has 2 aliphatic rings. The van der Waals surface area contributed by atoms with Crippen LogP contribution in [0.2, 0.25) is 0 Å². The predicted octanol–water partition coefficient (Wildman–Crippen LogP) is 16.8. The first-order valence-corrected chi connectivity index (χ1v) is 21.5. The molecule has 2 heterocycles. The Hall–Kier alpha value is -7.88. The molecular weight excluding hydrogens is 753 g/mol. The topological polar surface area (TPSA) is 19.6 Å². The summed E-state index contributed by atoms with van der Waals surface area (Å²) in [5, 5.41) is 7.26. The summed E-state index contributed by atoms with van der Waals surface area (Å²) in [6.07, 6.45) is 0. The molecule has 0 atom stereocenters. The molecule has 62 heavy (non-hydrogen) atoms. The van der Waals surface area contributed by atoms with E-state index in [2.05, 4.69) is 218 Å². The molecule has 3 nitrogen and oxygen atoms in total. The average Bonchev–Trinajstić information content (AvgIpc) is 3.80. The van der Waals surface area contributed by atoms with E-state index in [9.17, 15) is 0 Å². The van der Waals surface area contributed by atoms with Gasteiger partial charge in [-0.1, -0.05) is 141 Å². The van der Waals surface area contributed by atoms with Gasteiger partial charge in [-0.05, 0) is 134 Å². The Kier molecular flexibility index (Phi) is 7.36. The van der Waals surface area contributed by atoms with Crippen molar-refractivity contribution in [2.45, 2.75) is 19.3 Å². The summed E-state index contributed by atoms with van der Waals surface area (Å²) in [6.45, 7) is 4.78. The van der Waals surface area contributed by atoms with Crippen molar-refractivity contribution in [3.05, 3.63) is 217 Å². The van der Waals surface area contributed by atoms with E-state index in [0.717, 1.165) is 39.0 Å². The molecule has 292 valence electrons. The second kappa shape index (κ2) is 13.1. The van der Waals surface area contributed by atoms with Gasteiger partial charge < -0.3 is 14.2 Å². The zero-order valence-corrected chi connectivity index (χ0v) is 34.4. The van der Waals surface area contributed by atoms with Crippen molar-refractivity contribution in [3.63, 3.8) is 0 Å². The van der Waals surface area contributed by atoms with E-state index >= 15 is 0 Å². The minimum Gasteiger partial charge on any atom is -0.456 e. The molecule has 0 bridgehead atoms. The van der Waals surface area contributed by atoms with Crippen LogP contribution in [0.3, 0.4) is 0 Å². The first-order valence-electron chi connectivity index (χ1n) is 21.5. The van der Waals surface area contributed by atoms with Gasteiger partial charge in [0, 0.05) is 49.9 Å². The molecule has 1 aliphatic heterocycles. The van der Waals surface area contributed by atoms with Gasteiger partial charge >= 0.3 is 0 Å². The van der Waals surface area contributed by atoms with Gasteiger partial charge in [-0.15, -0.1) is 0 Å². The summed E-state index contributed by atoms with van der Waals surface area (Å²) in [4.78, 5) is 4.91. The number of anilines is 6. The molecule has 0 spiro atoms. The van der Waals surface area contributed by atoms with Gasteiger partial charge in [-0.2, -0.15) is 0 Å². The predicted molar refractivity (Wildman–Crippen MR) is 260 cm³/mol. The number of hydrogen-bond donors (Lipinski definition) is 0. The molecule has 1 aromatic heterocycles. The van der Waals surface area contributed by atoms with E-state index < -0.39 is 0 Å². The minimum absolute atomic E-state index is 0.273. The first kappa shape index (κ1) is 34.9. The van der Waals surface area contributed by atoms with Gasteiger partial charge in [0.1, 0.15) is 11.2 Å². The Morgan fingerprint density at radius 2 is 1.05 bits per heavy atom. The second-order valence-electron chi connectivity index (χ2n) is 17.3. The van der Waals surface area contributed by atoms with Crippen molar-refractivity contribution < 1.29 is 4.42 Å². The van der Waals surface area contributed by atoms with Gasteiger partial charge in [0.2, 0.25) is 0 Å². The average molecular weight is 793 g/mol. The Labute approximate surface area is 360 Å². The smallest absolute Gasteiger partial charge is 0.135 e. The standard InChI is InChI=1S/C59H40N2O/c1-59(2)52-35-44(60(42-20-10-19-39(31-42)37-13-4-3-5-14-37)43-27-30-57-51(34-43)48-21-8-9-24-56(48)62-57)25-28-46(52)47-29-26-45(36-53(47)59)61-54-23-12-18-38-17-11-22-49(58(38)54)50-32-40-15-6-7-16-41(40)33-55(50)61/h3-36H,1-2H3. The highest BCUT2D eigenvalue weighted by atomic mass is 16.3. The normalized spacial score (nSPS) is 13.4. The molecule has 0 fully saturated rings. The summed E-state index contributed by atoms with van der Waals surface area (Å²) in [5.41, 5.74) is 18.5. The third-order valence-corrected chi connectivity index (χ3v) is 13.5. The monoisotopic (exact) mass is 792 g/mol. The van der Waals surface area contributed by atoms with Gasteiger partial charge in [0.15, 0.2) is 0 Å². The molecule has 0 saturated heterocycles. The maximum Gasteiger partial charge on any atom is 0.135 e. The largest absolute Gasteiger partial charge is 0.456 e. The van der Waals surface area contributed by atoms with Crippen LogP contribution < -0.4 is 9.80 Å². The van der Waals surface area contributed by atoms with Crippen molar-refractivity contribution in [3.8, 4) is 33.4 Å². The molecule has 0 unspecified atom stereocenters. The number of furan rings is 1. The quantitative estimate of drug-likeness (QED) is 0.173. The Morgan fingerprint density at radius 3 is 1.92 bits per heavy atom. The number of rotatable bonds is 5. The number of nitrogens with zero attached hydrogens (tertiary/aromatic N) is 2. The minimum atomic E-state index is -0.273. The molecule has 1 aliphatic carbocycles. The SMILES string of the molecule is CC1(C)c2cc(N(c3cccc(-c4ccccc4)c3)c3ccc4oc5ccccc5c4c3)ccc2-c2ccc(N3c4cc5ccccc5cc4-c4cccc5cccc3c45)cc21. The Balaban J connectivity index is 0.965. The molecule has 0 saturated carbocycles. The molecule has 13 rings (SSSR count). The molecule has 11 aromatic rings. The third kappa shape index (κ3) is 5.12.